The summed E-state index contributed by atoms with van der Waals surface area (Å²) in [6, 6.07) is 96.0. The zero-order valence-corrected chi connectivity index (χ0v) is 35.3. The summed E-state index contributed by atoms with van der Waals surface area (Å²) in [5.41, 5.74) is 17.6. The van der Waals surface area contributed by atoms with E-state index in [1.165, 1.54) is 88.3 Å². The molecule has 0 spiro atoms. The Morgan fingerprint density at radius 2 is 0.672 bits per heavy atom. The lowest BCUT2D eigenvalue weighted by Gasteiger charge is -2.35. The van der Waals surface area contributed by atoms with Gasteiger partial charge in [0.05, 0.1) is 11.1 Å². The maximum atomic E-state index is 2.48. The Morgan fingerprint density at radius 3 is 1.27 bits per heavy atom. The van der Waals surface area contributed by atoms with Gasteiger partial charge in [-0.15, -0.1) is 0 Å². The van der Waals surface area contributed by atoms with Crippen molar-refractivity contribution in [3.8, 4) is 44.5 Å². The second-order valence-electron chi connectivity index (χ2n) is 16.8. The molecule has 0 saturated heterocycles. The highest BCUT2D eigenvalue weighted by Gasteiger charge is 2.46. The Hall–Kier alpha value is -8.26. The molecule has 11 aromatic carbocycles. The van der Waals surface area contributed by atoms with Gasteiger partial charge in [-0.05, 0) is 119 Å². The smallest absolute Gasteiger partial charge is 0.0714 e. The molecule has 1 aliphatic rings. The van der Waals surface area contributed by atoms with Gasteiger partial charge >= 0.3 is 0 Å². The fraction of sp³-hybridized carbons (Fsp3) is 0.0159. The van der Waals surface area contributed by atoms with Crippen molar-refractivity contribution in [3.05, 3.63) is 283 Å². The third-order valence-corrected chi connectivity index (χ3v) is 13.3. The van der Waals surface area contributed by atoms with E-state index in [-0.39, 0.29) is 0 Å². The van der Waals surface area contributed by atoms with Crippen molar-refractivity contribution in [1.82, 2.24) is 0 Å². The van der Waals surface area contributed by atoms with Gasteiger partial charge in [0.25, 0.3) is 0 Å². The van der Waals surface area contributed by atoms with Crippen LogP contribution < -0.4 is 4.90 Å². The Kier molecular flexibility index (Phi) is 9.13. The molecule has 0 aliphatic heterocycles. The van der Waals surface area contributed by atoms with Crippen LogP contribution in [0.1, 0.15) is 22.3 Å². The third-order valence-electron chi connectivity index (χ3n) is 13.3. The molecule has 12 rings (SSSR count). The van der Waals surface area contributed by atoms with Gasteiger partial charge in [-0.25, -0.2) is 0 Å². The molecule has 1 heteroatoms. The summed E-state index contributed by atoms with van der Waals surface area (Å²) in [6.07, 6.45) is 0. The zero-order valence-electron chi connectivity index (χ0n) is 35.3. The SMILES string of the molecule is c1ccc(-c2ccc(-c3ccc(N(c4ccc5c(c4)C(c4ccccc4)(c4ccccc4)c4cc(-c6ccccc6)ccc4-5)c4cc5ccccc5c5ccccc45)cc3)cc2)cc1. The number of rotatable bonds is 8. The molecule has 11 aromatic rings. The van der Waals surface area contributed by atoms with Crippen molar-refractivity contribution in [2.45, 2.75) is 5.41 Å². The topological polar surface area (TPSA) is 3.24 Å². The van der Waals surface area contributed by atoms with Crippen molar-refractivity contribution < 1.29 is 0 Å². The van der Waals surface area contributed by atoms with Crippen LogP contribution in [0.4, 0.5) is 17.1 Å². The van der Waals surface area contributed by atoms with E-state index in [0.717, 1.165) is 17.1 Å². The van der Waals surface area contributed by atoms with Gasteiger partial charge in [-0.3, -0.25) is 0 Å². The van der Waals surface area contributed by atoms with E-state index >= 15 is 0 Å². The summed E-state index contributed by atoms with van der Waals surface area (Å²) in [5, 5.41) is 4.90. The second kappa shape index (κ2) is 15.6. The van der Waals surface area contributed by atoms with Crippen LogP contribution in [0.2, 0.25) is 0 Å². The normalized spacial score (nSPS) is 12.5. The van der Waals surface area contributed by atoms with Crippen LogP contribution in [0, 0.1) is 0 Å². The fourth-order valence-corrected chi connectivity index (χ4v) is 10.4. The van der Waals surface area contributed by atoms with Crippen molar-refractivity contribution in [2.24, 2.45) is 0 Å². The second-order valence-corrected chi connectivity index (χ2v) is 16.8. The van der Waals surface area contributed by atoms with Crippen LogP contribution in [0.15, 0.2) is 261 Å². The molecule has 64 heavy (non-hydrogen) atoms. The van der Waals surface area contributed by atoms with E-state index in [2.05, 4.69) is 266 Å². The molecule has 300 valence electrons. The molecule has 0 radical (unpaired) electrons. The largest absolute Gasteiger partial charge is 0.310 e. The number of nitrogens with zero attached hydrogens (tertiary/aromatic N) is 1. The first-order valence-electron chi connectivity index (χ1n) is 22.2. The summed E-state index contributed by atoms with van der Waals surface area (Å²) in [6.45, 7) is 0. The van der Waals surface area contributed by atoms with Crippen molar-refractivity contribution >= 4 is 38.6 Å². The molecule has 0 N–H and O–H groups in total. The highest BCUT2D eigenvalue weighted by molar-refractivity contribution is 6.14. The minimum absolute atomic E-state index is 0.582. The first-order chi connectivity index (χ1) is 31.7. The molecule has 0 fully saturated rings. The fourth-order valence-electron chi connectivity index (χ4n) is 10.4. The van der Waals surface area contributed by atoms with Crippen molar-refractivity contribution in [2.75, 3.05) is 4.90 Å². The number of fused-ring (bicyclic) bond motifs is 6. The monoisotopic (exact) mass is 813 g/mol. The summed E-state index contributed by atoms with van der Waals surface area (Å²) in [7, 11) is 0. The summed E-state index contributed by atoms with van der Waals surface area (Å²) < 4.78 is 0. The number of benzene rings is 11. The Morgan fingerprint density at radius 1 is 0.266 bits per heavy atom. The van der Waals surface area contributed by atoms with Gasteiger partial charge in [0.2, 0.25) is 0 Å². The molecule has 0 saturated carbocycles. The molecule has 1 aliphatic carbocycles. The van der Waals surface area contributed by atoms with Gasteiger partial charge in [-0.1, -0.05) is 224 Å². The van der Waals surface area contributed by atoms with E-state index in [1.54, 1.807) is 0 Å². The highest BCUT2D eigenvalue weighted by Crippen LogP contribution is 2.58. The first kappa shape index (κ1) is 37.5. The van der Waals surface area contributed by atoms with Gasteiger partial charge in [-0.2, -0.15) is 0 Å². The molecule has 0 amide bonds. The lowest BCUT2D eigenvalue weighted by atomic mass is 9.67. The number of hydrogen-bond donors (Lipinski definition) is 0. The van der Waals surface area contributed by atoms with Crippen molar-refractivity contribution in [3.63, 3.8) is 0 Å². The molecule has 1 nitrogen and oxygen atoms in total. The minimum Gasteiger partial charge on any atom is -0.310 e. The summed E-state index contributed by atoms with van der Waals surface area (Å²) >= 11 is 0. The van der Waals surface area contributed by atoms with Gasteiger partial charge < -0.3 is 4.90 Å². The van der Waals surface area contributed by atoms with E-state index in [4.69, 9.17) is 0 Å². The number of hydrogen-bond acceptors (Lipinski definition) is 1. The number of anilines is 3. The van der Waals surface area contributed by atoms with Crippen molar-refractivity contribution in [1.29, 1.82) is 0 Å². The molecule has 0 atom stereocenters. The van der Waals surface area contributed by atoms with Crippen LogP contribution in [-0.2, 0) is 5.41 Å². The van der Waals surface area contributed by atoms with Crippen LogP contribution in [0.5, 0.6) is 0 Å². The zero-order chi connectivity index (χ0) is 42.5. The quantitative estimate of drug-likeness (QED) is 0.138. The van der Waals surface area contributed by atoms with Crippen LogP contribution in [-0.4, -0.2) is 0 Å². The molecular weight excluding hydrogens is 771 g/mol. The van der Waals surface area contributed by atoms with Gasteiger partial charge in [0.1, 0.15) is 0 Å². The summed E-state index contributed by atoms with van der Waals surface area (Å²) in [4.78, 5) is 2.48. The first-order valence-corrected chi connectivity index (χ1v) is 22.2. The molecule has 0 unspecified atom stereocenters. The van der Waals surface area contributed by atoms with Crippen LogP contribution in [0.25, 0.3) is 66.1 Å². The van der Waals surface area contributed by atoms with Gasteiger partial charge in [0, 0.05) is 16.8 Å². The summed E-state index contributed by atoms with van der Waals surface area (Å²) in [5.74, 6) is 0. The van der Waals surface area contributed by atoms with Crippen LogP contribution in [0.3, 0.4) is 0 Å². The third kappa shape index (κ3) is 6.16. The minimum atomic E-state index is -0.582. The lowest BCUT2D eigenvalue weighted by molar-refractivity contribution is 0.768. The predicted molar refractivity (Wildman–Crippen MR) is 270 cm³/mol. The maximum Gasteiger partial charge on any atom is 0.0714 e. The standard InChI is InChI=1S/C63H43N/c1-5-17-44(18-6-1)46-29-31-47(32-30-46)48-33-36-53(37-34-48)64(62-42-50-21-13-14-26-55(50)56-27-15-16-28-59(56)62)54-38-40-58-57-39-35-49(45-19-7-2-8-20-45)41-60(57)63(61(58)43-54,51-22-9-3-10-23-51)52-24-11-4-12-25-52/h1-43H. The van der Waals surface area contributed by atoms with E-state index < -0.39 is 5.41 Å². The molecule has 0 heterocycles. The maximum absolute atomic E-state index is 2.48. The van der Waals surface area contributed by atoms with E-state index in [1.807, 2.05) is 0 Å². The Balaban J connectivity index is 1.08. The lowest BCUT2D eigenvalue weighted by Crippen LogP contribution is -2.28. The average molecular weight is 814 g/mol. The predicted octanol–water partition coefficient (Wildman–Crippen LogP) is 16.8. The molecular formula is C63H43N. The van der Waals surface area contributed by atoms with E-state index in [9.17, 15) is 0 Å². The molecule has 0 bridgehead atoms. The Labute approximate surface area is 374 Å². The Bertz CT molecular complexity index is 3410. The van der Waals surface area contributed by atoms with Crippen LogP contribution >= 0.6 is 0 Å². The molecule has 0 aromatic heterocycles. The highest BCUT2D eigenvalue weighted by atomic mass is 15.1. The van der Waals surface area contributed by atoms with E-state index in [0.29, 0.717) is 0 Å². The van der Waals surface area contributed by atoms with Gasteiger partial charge in [0.15, 0.2) is 0 Å². The average Bonchev–Trinajstić information content (AvgIpc) is 3.67.